The Kier molecular flexibility index (Phi) is 4.55. The normalized spacial score (nSPS) is 21.3. The molecule has 1 aliphatic rings. The number of nitrogens with zero attached hydrogens (tertiary/aromatic N) is 1. The van der Waals surface area contributed by atoms with E-state index in [9.17, 15) is 9.59 Å². The number of nitrogens with one attached hydrogen (secondary N) is 1. The van der Waals surface area contributed by atoms with Gasteiger partial charge in [-0.3, -0.25) is 9.59 Å². The number of amides is 2. The van der Waals surface area contributed by atoms with E-state index >= 15 is 0 Å². The molecule has 1 N–H and O–H groups in total. The zero-order chi connectivity index (χ0) is 11.3. The zero-order valence-corrected chi connectivity index (χ0v) is 9.28. The Hall–Kier alpha value is -1.10. The second kappa shape index (κ2) is 5.70. The molecule has 1 heterocycles. The van der Waals surface area contributed by atoms with Crippen LogP contribution in [0.3, 0.4) is 0 Å². The third-order valence-corrected chi connectivity index (χ3v) is 2.48. The highest BCUT2D eigenvalue weighted by molar-refractivity contribution is 5.89. The lowest BCUT2D eigenvalue weighted by Gasteiger charge is -2.34. The molecule has 1 fully saturated rings. The first-order valence-electron chi connectivity index (χ1n) is 5.26. The van der Waals surface area contributed by atoms with Gasteiger partial charge in [0.05, 0.1) is 0 Å². The average Bonchev–Trinajstić information content (AvgIpc) is 2.21. The molecule has 1 aliphatic heterocycles. The quantitative estimate of drug-likeness (QED) is 0.702. The fraction of sp³-hybridized carbons (Fsp3) is 0.800. The van der Waals surface area contributed by atoms with Crippen molar-refractivity contribution in [3.05, 3.63) is 0 Å². The number of rotatable bonds is 4. The molecule has 1 saturated heterocycles. The van der Waals surface area contributed by atoms with Gasteiger partial charge in [0, 0.05) is 20.2 Å². The van der Waals surface area contributed by atoms with E-state index in [-0.39, 0.29) is 24.5 Å². The summed E-state index contributed by atoms with van der Waals surface area (Å²) in [6.07, 6.45) is 1.59. The second-order valence-corrected chi connectivity index (χ2v) is 3.62. The molecule has 0 bridgehead atoms. The van der Waals surface area contributed by atoms with Crippen LogP contribution in [-0.4, -0.2) is 49.6 Å². The summed E-state index contributed by atoms with van der Waals surface area (Å²) in [6, 6.07) is -0.314. The molecule has 0 radical (unpaired) electrons. The van der Waals surface area contributed by atoms with E-state index in [1.165, 1.54) is 7.11 Å². The molecule has 5 heteroatoms. The molecule has 0 saturated carbocycles. The first-order chi connectivity index (χ1) is 7.20. The first-order valence-corrected chi connectivity index (χ1v) is 5.26. The van der Waals surface area contributed by atoms with Crippen LogP contribution >= 0.6 is 0 Å². The van der Waals surface area contributed by atoms with E-state index in [4.69, 9.17) is 4.74 Å². The standard InChI is InChI=1S/C10H18N2O3/c1-3-4-8-10(14)11-5-6-12(8)9(13)7-15-2/h8H,3-7H2,1-2H3,(H,11,14). The number of carbonyl (C=O) groups excluding carboxylic acids is 2. The maximum absolute atomic E-state index is 11.6. The van der Waals surface area contributed by atoms with Crippen LogP contribution in [-0.2, 0) is 14.3 Å². The van der Waals surface area contributed by atoms with Gasteiger partial charge >= 0.3 is 0 Å². The smallest absolute Gasteiger partial charge is 0.249 e. The van der Waals surface area contributed by atoms with Crippen LogP contribution in [0.15, 0.2) is 0 Å². The SMILES string of the molecule is CCCC1C(=O)NCCN1C(=O)COC. The number of methoxy groups -OCH3 is 1. The van der Waals surface area contributed by atoms with Gasteiger partial charge in [0.25, 0.3) is 0 Å². The highest BCUT2D eigenvalue weighted by atomic mass is 16.5. The van der Waals surface area contributed by atoms with Gasteiger partial charge in [0.1, 0.15) is 12.6 Å². The van der Waals surface area contributed by atoms with E-state index < -0.39 is 0 Å². The van der Waals surface area contributed by atoms with Gasteiger partial charge in [0.2, 0.25) is 11.8 Å². The topological polar surface area (TPSA) is 58.6 Å². The Balaban J connectivity index is 2.65. The molecule has 1 rings (SSSR count). The van der Waals surface area contributed by atoms with Crippen molar-refractivity contribution >= 4 is 11.8 Å². The van der Waals surface area contributed by atoms with Crippen molar-refractivity contribution < 1.29 is 14.3 Å². The molecule has 0 spiro atoms. The highest BCUT2D eigenvalue weighted by Crippen LogP contribution is 2.11. The first kappa shape index (κ1) is 12.0. The van der Waals surface area contributed by atoms with Crippen molar-refractivity contribution in [3.63, 3.8) is 0 Å². The van der Waals surface area contributed by atoms with Gasteiger partial charge in [-0.05, 0) is 6.42 Å². The van der Waals surface area contributed by atoms with Gasteiger partial charge in [-0.15, -0.1) is 0 Å². The van der Waals surface area contributed by atoms with E-state index in [1.807, 2.05) is 6.92 Å². The van der Waals surface area contributed by atoms with Crippen LogP contribution in [0.5, 0.6) is 0 Å². The molecule has 0 aromatic heterocycles. The van der Waals surface area contributed by atoms with Crippen LogP contribution in [0.25, 0.3) is 0 Å². The van der Waals surface area contributed by atoms with E-state index in [1.54, 1.807) is 4.90 Å². The van der Waals surface area contributed by atoms with Crippen LogP contribution < -0.4 is 5.32 Å². The molecule has 0 aromatic rings. The summed E-state index contributed by atoms with van der Waals surface area (Å²) < 4.78 is 4.80. The van der Waals surface area contributed by atoms with Crippen molar-refractivity contribution in [2.75, 3.05) is 26.8 Å². The zero-order valence-electron chi connectivity index (χ0n) is 9.28. The molecular formula is C10H18N2O3. The highest BCUT2D eigenvalue weighted by Gasteiger charge is 2.31. The Morgan fingerprint density at radius 3 is 3.00 bits per heavy atom. The summed E-state index contributed by atoms with van der Waals surface area (Å²) in [7, 11) is 1.48. The molecular weight excluding hydrogens is 196 g/mol. The van der Waals surface area contributed by atoms with Crippen molar-refractivity contribution in [3.8, 4) is 0 Å². The van der Waals surface area contributed by atoms with E-state index in [0.717, 1.165) is 6.42 Å². The fourth-order valence-corrected chi connectivity index (χ4v) is 1.78. The third-order valence-electron chi connectivity index (χ3n) is 2.48. The molecule has 86 valence electrons. The van der Waals surface area contributed by atoms with Crippen molar-refractivity contribution in [2.45, 2.75) is 25.8 Å². The lowest BCUT2D eigenvalue weighted by molar-refractivity contribution is -0.146. The fourth-order valence-electron chi connectivity index (χ4n) is 1.78. The number of piperazine rings is 1. The van der Waals surface area contributed by atoms with Crippen LogP contribution in [0.4, 0.5) is 0 Å². The minimum atomic E-state index is -0.314. The minimum Gasteiger partial charge on any atom is -0.375 e. The number of ether oxygens (including phenoxy) is 1. The molecule has 15 heavy (non-hydrogen) atoms. The molecule has 2 amide bonds. The maximum Gasteiger partial charge on any atom is 0.249 e. The van der Waals surface area contributed by atoms with Crippen LogP contribution in [0.1, 0.15) is 19.8 Å². The molecule has 0 aromatic carbocycles. The number of carbonyl (C=O) groups is 2. The predicted molar refractivity (Wildman–Crippen MR) is 55.3 cm³/mol. The Morgan fingerprint density at radius 1 is 1.67 bits per heavy atom. The molecule has 1 atom stereocenters. The summed E-state index contributed by atoms with van der Waals surface area (Å²) >= 11 is 0. The molecule has 5 nitrogen and oxygen atoms in total. The Labute approximate surface area is 89.8 Å². The van der Waals surface area contributed by atoms with Crippen LogP contribution in [0, 0.1) is 0 Å². The summed E-state index contributed by atoms with van der Waals surface area (Å²) in [5.41, 5.74) is 0. The predicted octanol–water partition coefficient (Wildman–Crippen LogP) is -0.240. The number of hydrogen-bond donors (Lipinski definition) is 1. The van der Waals surface area contributed by atoms with E-state index in [2.05, 4.69) is 5.32 Å². The van der Waals surface area contributed by atoms with Gasteiger partial charge in [-0.1, -0.05) is 13.3 Å². The summed E-state index contributed by atoms with van der Waals surface area (Å²) in [5.74, 6) is -0.154. The van der Waals surface area contributed by atoms with Gasteiger partial charge in [0.15, 0.2) is 0 Å². The lowest BCUT2D eigenvalue weighted by atomic mass is 10.1. The summed E-state index contributed by atoms with van der Waals surface area (Å²) in [6.45, 7) is 3.17. The lowest BCUT2D eigenvalue weighted by Crippen LogP contribution is -2.57. The largest absolute Gasteiger partial charge is 0.375 e. The summed E-state index contributed by atoms with van der Waals surface area (Å²) in [5, 5.41) is 2.77. The van der Waals surface area contributed by atoms with Crippen molar-refractivity contribution in [1.82, 2.24) is 10.2 Å². The van der Waals surface area contributed by atoms with Gasteiger partial charge in [-0.25, -0.2) is 0 Å². The maximum atomic E-state index is 11.6. The average molecular weight is 214 g/mol. The third kappa shape index (κ3) is 2.92. The Bertz CT molecular complexity index is 243. The van der Waals surface area contributed by atoms with E-state index in [0.29, 0.717) is 19.5 Å². The second-order valence-electron chi connectivity index (χ2n) is 3.62. The van der Waals surface area contributed by atoms with Gasteiger partial charge < -0.3 is 15.0 Å². The van der Waals surface area contributed by atoms with Crippen molar-refractivity contribution in [1.29, 1.82) is 0 Å². The monoisotopic (exact) mass is 214 g/mol. The van der Waals surface area contributed by atoms with Crippen molar-refractivity contribution in [2.24, 2.45) is 0 Å². The summed E-state index contributed by atoms with van der Waals surface area (Å²) in [4.78, 5) is 24.8. The number of hydrogen-bond acceptors (Lipinski definition) is 3. The van der Waals surface area contributed by atoms with Crippen LogP contribution in [0.2, 0.25) is 0 Å². The Morgan fingerprint density at radius 2 is 2.40 bits per heavy atom. The molecule has 1 unspecified atom stereocenters. The minimum absolute atomic E-state index is 0.0486. The van der Waals surface area contributed by atoms with Gasteiger partial charge in [-0.2, -0.15) is 0 Å². The molecule has 0 aliphatic carbocycles.